The summed E-state index contributed by atoms with van der Waals surface area (Å²) in [7, 11) is 1.35. The van der Waals surface area contributed by atoms with Gasteiger partial charge in [-0.2, -0.15) is 0 Å². The molecule has 0 saturated heterocycles. The van der Waals surface area contributed by atoms with Crippen LogP contribution in [0.2, 0.25) is 0 Å². The van der Waals surface area contributed by atoms with Crippen molar-refractivity contribution in [3.63, 3.8) is 0 Å². The molecule has 2 N–H and O–H groups in total. The van der Waals surface area contributed by atoms with Gasteiger partial charge in [0.05, 0.1) is 13.5 Å². The zero-order chi connectivity index (χ0) is 6.57. The quantitative estimate of drug-likeness (QED) is 0.514. The van der Waals surface area contributed by atoms with Gasteiger partial charge < -0.3 is 10.5 Å². The molecule has 0 heterocycles. The van der Waals surface area contributed by atoms with Gasteiger partial charge in [-0.3, -0.25) is 4.79 Å². The van der Waals surface area contributed by atoms with Gasteiger partial charge in [-0.25, -0.2) is 0 Å². The zero-order valence-electron chi connectivity index (χ0n) is 5.18. The summed E-state index contributed by atoms with van der Waals surface area (Å²) < 4.78 is 4.34. The lowest BCUT2D eigenvalue weighted by atomic mass is 10.3. The molecule has 0 fully saturated rings. The van der Waals surface area contributed by atoms with E-state index in [9.17, 15) is 4.79 Å². The van der Waals surface area contributed by atoms with E-state index in [2.05, 4.69) is 4.74 Å². The van der Waals surface area contributed by atoms with E-state index in [0.29, 0.717) is 6.42 Å². The van der Waals surface area contributed by atoms with Crippen LogP contribution in [-0.2, 0) is 9.53 Å². The van der Waals surface area contributed by atoms with Crippen LogP contribution in [0.25, 0.3) is 0 Å². The highest BCUT2D eigenvalue weighted by molar-refractivity contribution is 5.69. The molecular weight excluding hydrogens is 106 g/mol. The first-order valence-corrected chi connectivity index (χ1v) is 2.49. The lowest BCUT2D eigenvalue weighted by Crippen LogP contribution is -2.20. The van der Waals surface area contributed by atoms with Crippen molar-refractivity contribution < 1.29 is 9.53 Å². The Bertz CT molecular complexity index is 80.5. The summed E-state index contributed by atoms with van der Waals surface area (Å²) in [5.74, 6) is -0.250. The lowest BCUT2D eigenvalue weighted by molar-refractivity contribution is -0.140. The van der Waals surface area contributed by atoms with Crippen LogP contribution in [0.5, 0.6) is 0 Å². The Morgan fingerprint density at radius 1 is 1.88 bits per heavy atom. The average Bonchev–Trinajstić information content (AvgIpc) is 1.65. The topological polar surface area (TPSA) is 52.3 Å². The van der Waals surface area contributed by atoms with Gasteiger partial charge in [0.2, 0.25) is 0 Å². The predicted octanol–water partition coefficient (Wildman–Crippen LogP) is -0.103. The van der Waals surface area contributed by atoms with Crippen LogP contribution in [0, 0.1) is 0 Å². The maximum Gasteiger partial charge on any atom is 0.307 e. The molecule has 3 nitrogen and oxygen atoms in total. The molecule has 0 aliphatic rings. The molecule has 0 aromatic carbocycles. The molecule has 3 heteroatoms. The Labute approximate surface area is 48.8 Å². The van der Waals surface area contributed by atoms with Crippen molar-refractivity contribution in [3.8, 4) is 0 Å². The standard InChI is InChI=1S/C5H11NO2/c1-4(6)3-5(7)8-2/h4H,3,6H2,1-2H3. The highest BCUT2D eigenvalue weighted by atomic mass is 16.5. The first kappa shape index (κ1) is 7.43. The van der Waals surface area contributed by atoms with Crippen LogP contribution in [0.15, 0.2) is 0 Å². The molecule has 0 rings (SSSR count). The van der Waals surface area contributed by atoms with Gasteiger partial charge in [0.25, 0.3) is 0 Å². The molecule has 0 aliphatic heterocycles. The number of carbonyl (C=O) groups is 1. The van der Waals surface area contributed by atoms with Gasteiger partial charge in [0.15, 0.2) is 0 Å². The summed E-state index contributed by atoms with van der Waals surface area (Å²) in [6.45, 7) is 1.76. The fourth-order valence-corrected chi connectivity index (χ4v) is 0.346. The summed E-state index contributed by atoms with van der Waals surface area (Å²) in [6, 6.07) is -0.0950. The van der Waals surface area contributed by atoms with E-state index in [-0.39, 0.29) is 12.0 Å². The van der Waals surface area contributed by atoms with E-state index in [0.717, 1.165) is 0 Å². The number of methoxy groups -OCH3 is 1. The number of hydrogen-bond acceptors (Lipinski definition) is 3. The molecule has 1 unspecified atom stereocenters. The number of carbonyl (C=O) groups excluding carboxylic acids is 1. The number of ether oxygens (including phenoxy) is 1. The second-order valence-corrected chi connectivity index (χ2v) is 1.76. The van der Waals surface area contributed by atoms with Crippen molar-refractivity contribution in [1.29, 1.82) is 0 Å². The van der Waals surface area contributed by atoms with Gasteiger partial charge in [0, 0.05) is 6.04 Å². The van der Waals surface area contributed by atoms with Crippen molar-refractivity contribution in [3.05, 3.63) is 0 Å². The van der Waals surface area contributed by atoms with Crippen LogP contribution in [0.4, 0.5) is 0 Å². The summed E-state index contributed by atoms with van der Waals surface area (Å²) in [4.78, 5) is 10.3. The van der Waals surface area contributed by atoms with Crippen molar-refractivity contribution in [2.24, 2.45) is 5.73 Å². The minimum atomic E-state index is -0.250. The van der Waals surface area contributed by atoms with Gasteiger partial charge in [-0.15, -0.1) is 0 Å². The third-order valence-corrected chi connectivity index (χ3v) is 0.716. The maximum atomic E-state index is 10.3. The summed E-state index contributed by atoms with van der Waals surface area (Å²) in [5.41, 5.74) is 5.27. The largest absolute Gasteiger partial charge is 0.469 e. The van der Waals surface area contributed by atoms with Gasteiger partial charge >= 0.3 is 5.97 Å². The van der Waals surface area contributed by atoms with Crippen LogP contribution in [0.1, 0.15) is 13.3 Å². The van der Waals surface area contributed by atoms with Gasteiger partial charge in [-0.1, -0.05) is 0 Å². The van der Waals surface area contributed by atoms with E-state index in [1.807, 2.05) is 0 Å². The maximum absolute atomic E-state index is 10.3. The van der Waals surface area contributed by atoms with Crippen LogP contribution in [-0.4, -0.2) is 19.1 Å². The van der Waals surface area contributed by atoms with Crippen LogP contribution >= 0.6 is 0 Å². The SMILES string of the molecule is COC(=O)CC(C)N. The van der Waals surface area contributed by atoms with Gasteiger partial charge in [-0.05, 0) is 6.92 Å². The number of hydrogen-bond donors (Lipinski definition) is 1. The second-order valence-electron chi connectivity index (χ2n) is 1.76. The molecule has 0 aromatic heterocycles. The number of nitrogens with two attached hydrogens (primary N) is 1. The number of esters is 1. The van der Waals surface area contributed by atoms with E-state index < -0.39 is 0 Å². The summed E-state index contributed by atoms with van der Waals surface area (Å²) >= 11 is 0. The Hall–Kier alpha value is -0.570. The van der Waals surface area contributed by atoms with Crippen LogP contribution < -0.4 is 5.73 Å². The van der Waals surface area contributed by atoms with Crippen molar-refractivity contribution in [2.45, 2.75) is 19.4 Å². The highest BCUT2D eigenvalue weighted by Gasteiger charge is 2.01. The van der Waals surface area contributed by atoms with Gasteiger partial charge in [0.1, 0.15) is 0 Å². The predicted molar refractivity (Wildman–Crippen MR) is 30.3 cm³/mol. The Morgan fingerprint density at radius 2 is 2.38 bits per heavy atom. The minimum absolute atomic E-state index is 0.0950. The first-order chi connectivity index (χ1) is 3.66. The molecule has 0 saturated carbocycles. The smallest absolute Gasteiger partial charge is 0.307 e. The van der Waals surface area contributed by atoms with E-state index >= 15 is 0 Å². The highest BCUT2D eigenvalue weighted by Crippen LogP contribution is 1.86. The molecule has 48 valence electrons. The molecule has 1 atom stereocenters. The van der Waals surface area contributed by atoms with E-state index in [1.165, 1.54) is 7.11 Å². The average molecular weight is 117 g/mol. The fourth-order valence-electron chi connectivity index (χ4n) is 0.346. The molecule has 0 aliphatic carbocycles. The first-order valence-electron chi connectivity index (χ1n) is 2.49. The Kier molecular flexibility index (Phi) is 3.19. The van der Waals surface area contributed by atoms with Crippen molar-refractivity contribution in [1.82, 2.24) is 0 Å². The molecule has 8 heavy (non-hydrogen) atoms. The lowest BCUT2D eigenvalue weighted by Gasteiger charge is -2.00. The van der Waals surface area contributed by atoms with E-state index in [4.69, 9.17) is 5.73 Å². The molecule has 0 spiro atoms. The third-order valence-electron chi connectivity index (χ3n) is 0.716. The monoisotopic (exact) mass is 117 g/mol. The minimum Gasteiger partial charge on any atom is -0.469 e. The van der Waals surface area contributed by atoms with Crippen molar-refractivity contribution in [2.75, 3.05) is 7.11 Å². The van der Waals surface area contributed by atoms with Crippen LogP contribution in [0.3, 0.4) is 0 Å². The fraction of sp³-hybridized carbons (Fsp3) is 0.800. The van der Waals surface area contributed by atoms with E-state index in [1.54, 1.807) is 6.92 Å². The molecular formula is C5H11NO2. The molecule has 0 bridgehead atoms. The third kappa shape index (κ3) is 3.61. The number of rotatable bonds is 2. The Morgan fingerprint density at radius 3 is 2.50 bits per heavy atom. The molecule has 0 aromatic rings. The van der Waals surface area contributed by atoms with Crippen molar-refractivity contribution >= 4 is 5.97 Å². The second kappa shape index (κ2) is 3.43. The normalized spacial score (nSPS) is 12.9. The summed E-state index contributed by atoms with van der Waals surface area (Å²) in [6.07, 6.45) is 0.302. The molecule has 0 radical (unpaired) electrons. The summed E-state index contributed by atoms with van der Waals surface area (Å²) in [5, 5.41) is 0. The Balaban J connectivity index is 3.25. The zero-order valence-corrected chi connectivity index (χ0v) is 5.18. The molecule has 0 amide bonds.